The second kappa shape index (κ2) is 8.17. The topological polar surface area (TPSA) is 169 Å². The van der Waals surface area contributed by atoms with Gasteiger partial charge in [-0.2, -0.15) is 0 Å². The van der Waals surface area contributed by atoms with Gasteiger partial charge in [0.05, 0.1) is 12.8 Å². The van der Waals surface area contributed by atoms with E-state index in [1.54, 1.807) is 0 Å². The van der Waals surface area contributed by atoms with E-state index in [4.69, 9.17) is 25.5 Å². The van der Waals surface area contributed by atoms with Crippen molar-refractivity contribution in [3.05, 3.63) is 0 Å². The van der Waals surface area contributed by atoms with Crippen molar-refractivity contribution >= 4 is 23.9 Å². The zero-order chi connectivity index (χ0) is 13.3. The molecule has 9 heteroatoms. The van der Waals surface area contributed by atoms with Crippen LogP contribution in [0.5, 0.6) is 0 Å². The average molecular weight is 238 g/mol. The molecule has 9 nitrogen and oxygen atoms in total. The maximum absolute atomic E-state index is 9.64. The molecule has 0 saturated carbocycles. The second-order valence-corrected chi connectivity index (χ2v) is 2.37. The van der Waals surface area contributed by atoms with Gasteiger partial charge in [-0.25, -0.2) is 9.59 Å². The number of rotatable bonds is 5. The Morgan fingerprint density at radius 3 is 1.06 bits per heavy atom. The summed E-state index contributed by atoms with van der Waals surface area (Å²) in [7, 11) is 0. The van der Waals surface area contributed by atoms with Crippen molar-refractivity contribution in [2.45, 2.75) is 18.9 Å². The number of aliphatic hydroxyl groups is 1. The van der Waals surface area contributed by atoms with Crippen molar-refractivity contribution in [2.75, 3.05) is 0 Å². The summed E-state index contributed by atoms with van der Waals surface area (Å²) in [4.78, 5) is 38.3. The fourth-order valence-corrected chi connectivity index (χ4v) is 0.319. The fraction of sp³-hybridized carbons (Fsp3) is 0.429. The Kier molecular flexibility index (Phi) is 8.31. The van der Waals surface area contributed by atoms with Gasteiger partial charge in [0.15, 0.2) is 0 Å². The number of carbonyl (C=O) groups is 4. The molecule has 16 heavy (non-hydrogen) atoms. The molecule has 0 aliphatic heterocycles. The zero-order valence-corrected chi connectivity index (χ0v) is 7.86. The minimum absolute atomic E-state index is 0.296. The summed E-state index contributed by atoms with van der Waals surface area (Å²) >= 11 is 0. The average Bonchev–Trinajstić information content (AvgIpc) is 2.14. The Morgan fingerprint density at radius 2 is 1.00 bits per heavy atom. The van der Waals surface area contributed by atoms with Gasteiger partial charge < -0.3 is 25.5 Å². The van der Waals surface area contributed by atoms with Gasteiger partial charge in [-0.3, -0.25) is 9.59 Å². The minimum atomic E-state index is -2.30. The Labute approximate surface area is 88.6 Å². The minimum Gasteiger partial charge on any atom is -0.481 e. The molecule has 0 saturated heterocycles. The lowest BCUT2D eigenvalue weighted by Gasteiger charge is -1.93. The predicted octanol–water partition coefficient (Wildman–Crippen LogP) is -1.55. The number of hydrogen-bond acceptors (Lipinski definition) is 5. The first kappa shape index (κ1) is 16.3. The summed E-state index contributed by atoms with van der Waals surface area (Å²) in [6.07, 6.45) is -2.89. The van der Waals surface area contributed by atoms with E-state index in [0.717, 1.165) is 0 Å². The van der Waals surface area contributed by atoms with Crippen molar-refractivity contribution in [3.63, 3.8) is 0 Å². The lowest BCUT2D eigenvalue weighted by molar-refractivity contribution is -0.161. The quantitative estimate of drug-likeness (QED) is 0.356. The Bertz CT molecular complexity index is 254. The predicted molar refractivity (Wildman–Crippen MR) is 45.8 cm³/mol. The molecule has 0 atom stereocenters. The van der Waals surface area contributed by atoms with Crippen LogP contribution < -0.4 is 0 Å². The number of hydrogen-bond donors (Lipinski definition) is 5. The first-order valence-electron chi connectivity index (χ1n) is 3.75. The highest BCUT2D eigenvalue weighted by atomic mass is 16.4. The molecule has 0 amide bonds. The number of aliphatic hydroxyl groups excluding tert-OH is 1. The molecule has 0 aromatic carbocycles. The largest absolute Gasteiger partial charge is 0.481 e. The Balaban J connectivity index is 0. The summed E-state index contributed by atoms with van der Waals surface area (Å²) in [5.74, 6) is -5.66. The summed E-state index contributed by atoms with van der Waals surface area (Å²) in [6.45, 7) is 0. The third kappa shape index (κ3) is 11.8. The summed E-state index contributed by atoms with van der Waals surface area (Å²) in [5, 5.41) is 39.2. The number of aliphatic carboxylic acids is 4. The third-order valence-electron chi connectivity index (χ3n) is 1.02. The lowest BCUT2D eigenvalue weighted by atomic mass is 10.3. The maximum atomic E-state index is 9.64. The Morgan fingerprint density at radius 1 is 0.750 bits per heavy atom. The van der Waals surface area contributed by atoms with E-state index < -0.39 is 30.0 Å². The van der Waals surface area contributed by atoms with Crippen LogP contribution in [0.15, 0.2) is 0 Å². The van der Waals surface area contributed by atoms with E-state index >= 15 is 0 Å². The molecule has 0 radical (unpaired) electrons. The van der Waals surface area contributed by atoms with Crippen molar-refractivity contribution in [2.24, 2.45) is 0 Å². The molecule has 0 spiro atoms. The van der Waals surface area contributed by atoms with Crippen LogP contribution in [-0.2, 0) is 19.2 Å². The van der Waals surface area contributed by atoms with E-state index in [0.29, 0.717) is 0 Å². The van der Waals surface area contributed by atoms with Gasteiger partial charge in [0.25, 0.3) is 0 Å². The molecule has 0 aromatic heterocycles. The molecule has 0 rings (SSSR count). The SMILES string of the molecule is O=C(O)C(O)C(=O)O.O=C(O)CCC(=O)O. The molecule has 0 fully saturated rings. The molecular weight excluding hydrogens is 228 g/mol. The molecular formula is C7H10O9. The zero-order valence-electron chi connectivity index (χ0n) is 7.86. The van der Waals surface area contributed by atoms with Crippen LogP contribution in [-0.4, -0.2) is 55.5 Å². The van der Waals surface area contributed by atoms with Gasteiger partial charge in [0, 0.05) is 0 Å². The Hall–Kier alpha value is -2.16. The van der Waals surface area contributed by atoms with Crippen molar-refractivity contribution in [1.29, 1.82) is 0 Å². The van der Waals surface area contributed by atoms with Crippen LogP contribution in [0.4, 0.5) is 0 Å². The highest BCUT2D eigenvalue weighted by Gasteiger charge is 2.20. The lowest BCUT2D eigenvalue weighted by Crippen LogP contribution is -2.28. The van der Waals surface area contributed by atoms with Crippen LogP contribution in [0.3, 0.4) is 0 Å². The smallest absolute Gasteiger partial charge is 0.344 e. The standard InChI is InChI=1S/C4H6O4.C3H4O5/c5-3(6)1-2-4(7)8;4-1(2(5)6)3(7)8/h1-2H2,(H,5,6)(H,7,8);1,4H,(H,5,6)(H,7,8). The van der Waals surface area contributed by atoms with Gasteiger partial charge in [-0.15, -0.1) is 0 Å². The van der Waals surface area contributed by atoms with Crippen LogP contribution in [0.2, 0.25) is 0 Å². The van der Waals surface area contributed by atoms with Gasteiger partial charge in [-0.1, -0.05) is 0 Å². The molecule has 0 aliphatic rings. The van der Waals surface area contributed by atoms with E-state index in [2.05, 4.69) is 0 Å². The monoisotopic (exact) mass is 238 g/mol. The van der Waals surface area contributed by atoms with E-state index in [1.165, 1.54) is 0 Å². The number of carboxylic acid groups (broad SMARTS) is 4. The fourth-order valence-electron chi connectivity index (χ4n) is 0.319. The van der Waals surface area contributed by atoms with Gasteiger partial charge in [0.1, 0.15) is 0 Å². The third-order valence-corrected chi connectivity index (χ3v) is 1.02. The van der Waals surface area contributed by atoms with Crippen LogP contribution in [0.25, 0.3) is 0 Å². The van der Waals surface area contributed by atoms with Crippen LogP contribution in [0.1, 0.15) is 12.8 Å². The normalized spacial score (nSPS) is 8.88. The summed E-state index contributed by atoms with van der Waals surface area (Å²) in [5.41, 5.74) is 0. The summed E-state index contributed by atoms with van der Waals surface area (Å²) in [6, 6.07) is 0. The van der Waals surface area contributed by atoms with E-state index in [9.17, 15) is 19.2 Å². The van der Waals surface area contributed by atoms with Crippen molar-refractivity contribution < 1.29 is 44.7 Å². The maximum Gasteiger partial charge on any atom is 0.344 e. The van der Waals surface area contributed by atoms with Crippen molar-refractivity contribution in [3.8, 4) is 0 Å². The number of carboxylic acids is 4. The van der Waals surface area contributed by atoms with E-state index in [1.807, 2.05) is 0 Å². The molecule has 92 valence electrons. The first-order valence-corrected chi connectivity index (χ1v) is 3.75. The molecule has 0 bridgehead atoms. The first-order chi connectivity index (χ1) is 7.18. The van der Waals surface area contributed by atoms with Crippen LogP contribution >= 0.6 is 0 Å². The second-order valence-electron chi connectivity index (χ2n) is 2.37. The van der Waals surface area contributed by atoms with Gasteiger partial charge in [0.2, 0.25) is 6.10 Å². The highest BCUT2D eigenvalue weighted by Crippen LogP contribution is 1.86. The molecule has 0 unspecified atom stereocenters. The molecule has 0 aliphatic carbocycles. The van der Waals surface area contributed by atoms with Gasteiger partial charge >= 0.3 is 23.9 Å². The molecule has 5 N–H and O–H groups in total. The highest BCUT2D eigenvalue weighted by molar-refractivity contribution is 5.95. The molecule has 0 aromatic rings. The summed E-state index contributed by atoms with van der Waals surface area (Å²) < 4.78 is 0. The van der Waals surface area contributed by atoms with Crippen molar-refractivity contribution in [1.82, 2.24) is 0 Å². The van der Waals surface area contributed by atoms with Crippen LogP contribution in [0, 0.1) is 0 Å². The van der Waals surface area contributed by atoms with Gasteiger partial charge in [-0.05, 0) is 0 Å². The van der Waals surface area contributed by atoms with E-state index in [-0.39, 0.29) is 12.8 Å². The molecule has 0 heterocycles.